The maximum Gasteiger partial charge on any atom is 0.229 e. The van der Waals surface area contributed by atoms with Crippen molar-refractivity contribution in [1.82, 2.24) is 19.8 Å². The van der Waals surface area contributed by atoms with E-state index in [0.717, 1.165) is 70.1 Å². The summed E-state index contributed by atoms with van der Waals surface area (Å²) in [6.07, 6.45) is 3.69. The highest BCUT2D eigenvalue weighted by atomic mass is 35.5. The van der Waals surface area contributed by atoms with Crippen LogP contribution in [0.3, 0.4) is 0 Å². The predicted octanol–water partition coefficient (Wildman–Crippen LogP) is 2.46. The molecule has 4 rings (SSSR count). The minimum absolute atomic E-state index is 0.251. The van der Waals surface area contributed by atoms with E-state index < -0.39 is 0 Å². The average Bonchev–Trinajstić information content (AvgIpc) is 2.75. The number of hydrogen-bond acceptors (Lipinski definition) is 8. The number of nitrogens with one attached hydrogen (secondary N) is 1. The lowest BCUT2D eigenvalue weighted by Gasteiger charge is -2.36. The third kappa shape index (κ3) is 4.71. The second-order valence-electron chi connectivity index (χ2n) is 7.97. The molecular weight excluding hydrogens is 402 g/mol. The first-order valence-corrected chi connectivity index (χ1v) is 10.8. The minimum Gasteiger partial charge on any atom is -0.494 e. The number of aromatic nitrogens is 2. The molecule has 0 unspecified atom stereocenters. The molecule has 0 bridgehead atoms. The standard InChI is InChI=1S/C21H30ClN7O/c1-27-6-8-28(9-7-27)10-11-29-5-3-4-15-12-17(19(30-2)13-18(15)29)25-21-24-14-16(22)20(23)26-21/h12-14H,3-11H2,1-2H3,(H3,23,24,25,26). The molecule has 0 amide bonds. The van der Waals surface area contributed by atoms with Gasteiger partial charge in [-0.2, -0.15) is 4.98 Å². The SMILES string of the molecule is COc1cc2c(cc1Nc1ncc(Cl)c(N)n1)CCCN2CCN1CCN(C)CC1. The van der Waals surface area contributed by atoms with Gasteiger partial charge in [0.05, 0.1) is 19.0 Å². The molecule has 162 valence electrons. The van der Waals surface area contributed by atoms with Gasteiger partial charge < -0.3 is 25.6 Å². The van der Waals surface area contributed by atoms with E-state index in [4.69, 9.17) is 22.1 Å². The number of aryl methyl sites for hydroxylation is 1. The van der Waals surface area contributed by atoms with E-state index in [1.54, 1.807) is 7.11 Å². The first-order valence-electron chi connectivity index (χ1n) is 10.5. The van der Waals surface area contributed by atoms with Crippen molar-refractivity contribution in [3.8, 4) is 5.75 Å². The molecule has 0 aliphatic carbocycles. The zero-order valence-corrected chi connectivity index (χ0v) is 18.5. The van der Waals surface area contributed by atoms with Gasteiger partial charge in [0.15, 0.2) is 0 Å². The summed E-state index contributed by atoms with van der Waals surface area (Å²) in [7, 11) is 3.88. The Morgan fingerprint density at radius 2 is 1.97 bits per heavy atom. The summed E-state index contributed by atoms with van der Waals surface area (Å²) in [6.45, 7) is 7.79. The number of nitrogens with zero attached hydrogens (tertiary/aromatic N) is 5. The van der Waals surface area contributed by atoms with Crippen LogP contribution in [-0.4, -0.2) is 79.7 Å². The third-order valence-electron chi connectivity index (χ3n) is 5.92. The number of halogens is 1. The first kappa shape index (κ1) is 21.0. The Hall–Kier alpha value is -2.29. The van der Waals surface area contributed by atoms with E-state index in [1.807, 2.05) is 0 Å². The fourth-order valence-corrected chi connectivity index (χ4v) is 4.17. The van der Waals surface area contributed by atoms with Crippen LogP contribution in [0.25, 0.3) is 0 Å². The maximum absolute atomic E-state index is 5.93. The summed E-state index contributed by atoms with van der Waals surface area (Å²) in [5.41, 5.74) is 9.21. The third-order valence-corrected chi connectivity index (χ3v) is 6.21. The molecule has 0 spiro atoms. The van der Waals surface area contributed by atoms with Gasteiger partial charge >= 0.3 is 0 Å². The maximum atomic E-state index is 5.93. The van der Waals surface area contributed by atoms with Crippen LogP contribution < -0.4 is 20.7 Å². The van der Waals surface area contributed by atoms with E-state index in [0.29, 0.717) is 11.0 Å². The normalized spacial score (nSPS) is 17.6. The number of piperazine rings is 1. The smallest absolute Gasteiger partial charge is 0.229 e. The fraction of sp³-hybridized carbons (Fsp3) is 0.524. The Morgan fingerprint density at radius 1 is 1.17 bits per heavy atom. The zero-order valence-electron chi connectivity index (χ0n) is 17.7. The van der Waals surface area contributed by atoms with E-state index in [1.165, 1.54) is 17.4 Å². The Morgan fingerprint density at radius 3 is 2.70 bits per heavy atom. The van der Waals surface area contributed by atoms with Crippen LogP contribution in [0.4, 0.5) is 23.1 Å². The first-order chi connectivity index (χ1) is 14.5. The zero-order chi connectivity index (χ0) is 21.1. The number of nitrogens with two attached hydrogens (primary N) is 1. The molecule has 1 saturated heterocycles. The summed E-state index contributed by atoms with van der Waals surface area (Å²) in [5.74, 6) is 1.41. The highest BCUT2D eigenvalue weighted by Crippen LogP contribution is 2.37. The molecule has 2 aliphatic rings. The van der Waals surface area contributed by atoms with Crippen LogP contribution in [-0.2, 0) is 6.42 Å². The molecule has 0 saturated carbocycles. The summed E-state index contributed by atoms with van der Waals surface area (Å²) >= 11 is 5.93. The molecule has 1 aromatic heterocycles. The number of rotatable bonds is 6. The predicted molar refractivity (Wildman–Crippen MR) is 122 cm³/mol. The number of nitrogen functional groups attached to an aromatic ring is 1. The molecule has 8 nitrogen and oxygen atoms in total. The second-order valence-corrected chi connectivity index (χ2v) is 8.38. The largest absolute Gasteiger partial charge is 0.494 e. The van der Waals surface area contributed by atoms with Crippen molar-refractivity contribution in [1.29, 1.82) is 0 Å². The number of hydrogen-bond donors (Lipinski definition) is 2. The van der Waals surface area contributed by atoms with Crippen molar-refractivity contribution in [2.45, 2.75) is 12.8 Å². The number of ether oxygens (including phenoxy) is 1. The minimum atomic E-state index is 0.251. The van der Waals surface area contributed by atoms with Gasteiger partial charge in [0, 0.05) is 57.6 Å². The van der Waals surface area contributed by atoms with Crippen LogP contribution in [0.5, 0.6) is 5.75 Å². The second kappa shape index (κ2) is 9.24. The number of fused-ring (bicyclic) bond motifs is 1. The van der Waals surface area contributed by atoms with Gasteiger partial charge in [0.25, 0.3) is 0 Å². The molecule has 3 N–H and O–H groups in total. The highest BCUT2D eigenvalue weighted by molar-refractivity contribution is 6.32. The summed E-state index contributed by atoms with van der Waals surface area (Å²) in [4.78, 5) is 15.9. The Balaban J connectivity index is 1.50. The Labute approximate surface area is 183 Å². The molecule has 3 heterocycles. The number of likely N-dealkylation sites (N-methyl/N-ethyl adjacent to an activating group) is 1. The lowest BCUT2D eigenvalue weighted by Crippen LogP contribution is -2.47. The van der Waals surface area contributed by atoms with Gasteiger partial charge in [-0.25, -0.2) is 4.98 Å². The van der Waals surface area contributed by atoms with Gasteiger partial charge in [0.2, 0.25) is 5.95 Å². The highest BCUT2D eigenvalue weighted by Gasteiger charge is 2.22. The Kier molecular flexibility index (Phi) is 6.46. The van der Waals surface area contributed by atoms with Gasteiger partial charge in [-0.15, -0.1) is 0 Å². The van der Waals surface area contributed by atoms with Crippen molar-refractivity contribution < 1.29 is 4.74 Å². The summed E-state index contributed by atoms with van der Waals surface area (Å²) in [6, 6.07) is 4.27. The van der Waals surface area contributed by atoms with Crippen LogP contribution in [0.1, 0.15) is 12.0 Å². The monoisotopic (exact) mass is 431 g/mol. The van der Waals surface area contributed by atoms with E-state index >= 15 is 0 Å². The number of benzene rings is 1. The lowest BCUT2D eigenvalue weighted by atomic mass is 10.00. The van der Waals surface area contributed by atoms with Crippen LogP contribution in [0.2, 0.25) is 5.02 Å². The molecular formula is C21H30ClN7O. The van der Waals surface area contributed by atoms with Crippen molar-refractivity contribution in [3.63, 3.8) is 0 Å². The Bertz CT molecular complexity index is 886. The molecule has 9 heteroatoms. The molecule has 30 heavy (non-hydrogen) atoms. The van der Waals surface area contributed by atoms with Crippen LogP contribution >= 0.6 is 11.6 Å². The van der Waals surface area contributed by atoms with E-state index in [9.17, 15) is 0 Å². The average molecular weight is 432 g/mol. The molecule has 0 atom stereocenters. The fourth-order valence-electron chi connectivity index (χ4n) is 4.08. The van der Waals surface area contributed by atoms with Crippen molar-refractivity contribution in [2.24, 2.45) is 0 Å². The van der Waals surface area contributed by atoms with Crippen LogP contribution in [0, 0.1) is 0 Å². The molecule has 0 radical (unpaired) electrons. The van der Waals surface area contributed by atoms with E-state index in [-0.39, 0.29) is 5.82 Å². The van der Waals surface area contributed by atoms with Crippen molar-refractivity contribution in [2.75, 3.05) is 75.9 Å². The van der Waals surface area contributed by atoms with E-state index in [2.05, 4.69) is 49.2 Å². The van der Waals surface area contributed by atoms with Gasteiger partial charge in [-0.05, 0) is 31.5 Å². The molecule has 2 aliphatic heterocycles. The van der Waals surface area contributed by atoms with Crippen molar-refractivity contribution in [3.05, 3.63) is 28.9 Å². The topological polar surface area (TPSA) is 82.8 Å². The molecule has 1 aromatic carbocycles. The number of anilines is 4. The molecule has 2 aromatic rings. The molecule has 1 fully saturated rings. The summed E-state index contributed by atoms with van der Waals surface area (Å²) in [5, 5.41) is 3.57. The number of methoxy groups -OCH3 is 1. The quantitative estimate of drug-likeness (QED) is 0.721. The van der Waals surface area contributed by atoms with Crippen LogP contribution in [0.15, 0.2) is 18.3 Å². The lowest BCUT2D eigenvalue weighted by molar-refractivity contribution is 0.156. The summed E-state index contributed by atoms with van der Waals surface area (Å²) < 4.78 is 5.67. The van der Waals surface area contributed by atoms with Gasteiger partial charge in [0.1, 0.15) is 16.6 Å². The van der Waals surface area contributed by atoms with Crippen molar-refractivity contribution >= 4 is 34.7 Å². The van der Waals surface area contributed by atoms with Gasteiger partial charge in [-0.3, -0.25) is 4.90 Å². The van der Waals surface area contributed by atoms with Gasteiger partial charge in [-0.1, -0.05) is 11.6 Å².